The van der Waals surface area contributed by atoms with E-state index in [2.05, 4.69) is 32.5 Å². The van der Waals surface area contributed by atoms with Gasteiger partial charge in [-0.1, -0.05) is 6.92 Å². The SMILES string of the molecule is CNc1nc(N[C@H]2CCN(C3COC3)C[C@H]2C)nn2ccc(-c3ccc4ncc(C(F)F)n4n3)c12. The van der Waals surface area contributed by atoms with Crippen LogP contribution in [0, 0.1) is 5.92 Å². The quantitative estimate of drug-likeness (QED) is 0.432. The molecule has 0 spiro atoms. The molecule has 2 saturated heterocycles. The largest absolute Gasteiger partial charge is 0.378 e. The molecule has 184 valence electrons. The minimum Gasteiger partial charge on any atom is -0.378 e. The van der Waals surface area contributed by atoms with Crippen molar-refractivity contribution >= 4 is 22.9 Å². The van der Waals surface area contributed by atoms with Gasteiger partial charge in [0.2, 0.25) is 5.95 Å². The van der Waals surface area contributed by atoms with E-state index in [0.717, 1.165) is 50.0 Å². The minimum atomic E-state index is -2.67. The van der Waals surface area contributed by atoms with Crippen LogP contribution in [0.5, 0.6) is 0 Å². The summed E-state index contributed by atoms with van der Waals surface area (Å²) in [7, 11) is 1.80. The lowest BCUT2D eigenvalue weighted by atomic mass is 9.92. The third-order valence-corrected chi connectivity index (χ3v) is 7.02. The summed E-state index contributed by atoms with van der Waals surface area (Å²) < 4.78 is 35.0. The van der Waals surface area contributed by atoms with E-state index in [0.29, 0.717) is 35.1 Å². The van der Waals surface area contributed by atoms with E-state index in [4.69, 9.17) is 14.8 Å². The molecule has 35 heavy (non-hydrogen) atoms. The zero-order valence-electron chi connectivity index (χ0n) is 19.5. The van der Waals surface area contributed by atoms with Crippen molar-refractivity contribution < 1.29 is 13.5 Å². The molecule has 4 aromatic rings. The van der Waals surface area contributed by atoms with Gasteiger partial charge < -0.3 is 15.4 Å². The Hall–Kier alpha value is -3.38. The zero-order valence-corrected chi connectivity index (χ0v) is 19.5. The number of alkyl halides is 2. The lowest BCUT2D eigenvalue weighted by Crippen LogP contribution is -2.55. The van der Waals surface area contributed by atoms with Crippen LogP contribution in [-0.2, 0) is 4.74 Å². The summed E-state index contributed by atoms with van der Waals surface area (Å²) in [6.07, 6.45) is 1.32. The highest BCUT2D eigenvalue weighted by molar-refractivity contribution is 5.87. The monoisotopic (exact) mass is 483 g/mol. The third kappa shape index (κ3) is 3.86. The molecule has 2 N–H and O–H groups in total. The summed E-state index contributed by atoms with van der Waals surface area (Å²) in [6, 6.07) is 6.12. The van der Waals surface area contributed by atoms with Crippen molar-refractivity contribution in [3.05, 3.63) is 36.3 Å². The number of anilines is 2. The third-order valence-electron chi connectivity index (χ3n) is 7.02. The number of nitrogens with zero attached hydrogens (tertiary/aromatic N) is 7. The molecule has 10 nitrogen and oxygen atoms in total. The number of hydrogen-bond acceptors (Lipinski definition) is 8. The number of imidazole rings is 1. The van der Waals surface area contributed by atoms with Crippen LogP contribution in [0.15, 0.2) is 30.6 Å². The van der Waals surface area contributed by atoms with Gasteiger partial charge in [0, 0.05) is 37.9 Å². The fourth-order valence-electron chi connectivity index (χ4n) is 4.97. The number of hydrogen-bond donors (Lipinski definition) is 2. The Balaban J connectivity index is 1.29. The highest BCUT2D eigenvalue weighted by Crippen LogP contribution is 2.31. The van der Waals surface area contributed by atoms with Crippen LogP contribution in [0.2, 0.25) is 0 Å². The first-order valence-electron chi connectivity index (χ1n) is 11.8. The fraction of sp³-hybridized carbons (Fsp3) is 0.478. The predicted octanol–water partition coefficient (Wildman–Crippen LogP) is 2.94. The summed E-state index contributed by atoms with van der Waals surface area (Å²) in [5.74, 6) is 1.61. The van der Waals surface area contributed by atoms with Gasteiger partial charge in [-0.05, 0) is 30.5 Å². The average molecular weight is 484 g/mol. The van der Waals surface area contributed by atoms with Crippen molar-refractivity contribution in [2.45, 2.75) is 31.9 Å². The van der Waals surface area contributed by atoms with Gasteiger partial charge in [-0.3, -0.25) is 4.90 Å². The number of fused-ring (bicyclic) bond motifs is 2. The van der Waals surface area contributed by atoms with E-state index in [1.165, 1.54) is 4.52 Å². The summed E-state index contributed by atoms with van der Waals surface area (Å²) in [5, 5.41) is 15.8. The lowest BCUT2D eigenvalue weighted by molar-refractivity contribution is -0.0763. The standard InChI is InChI=1S/C23H27F2N9O/c1-13-10-32(14-11-35-12-14)7-6-16(13)28-23-29-22(26-2)20-15(5-8-33(20)31-23)17-3-4-19-27-9-18(21(24)25)34(19)30-17/h3-5,8-9,13-14,16,21H,6-7,10-12H2,1-2H3,(H2,26,28,29,31)/t13-,16+/m1/s1. The number of rotatable bonds is 6. The predicted molar refractivity (Wildman–Crippen MR) is 127 cm³/mol. The van der Waals surface area contributed by atoms with Crippen LogP contribution >= 0.6 is 0 Å². The fourth-order valence-corrected chi connectivity index (χ4v) is 4.97. The van der Waals surface area contributed by atoms with Crippen molar-refractivity contribution in [1.29, 1.82) is 0 Å². The Morgan fingerprint density at radius 1 is 1.17 bits per heavy atom. The number of halogens is 2. The van der Waals surface area contributed by atoms with Crippen LogP contribution in [0.4, 0.5) is 20.5 Å². The Labute approximate surface area is 200 Å². The van der Waals surface area contributed by atoms with Gasteiger partial charge in [0.25, 0.3) is 6.43 Å². The Bertz CT molecular complexity index is 1370. The maximum atomic E-state index is 13.4. The first-order chi connectivity index (χ1) is 17.0. The van der Waals surface area contributed by atoms with Gasteiger partial charge in [-0.15, -0.1) is 5.10 Å². The average Bonchev–Trinajstić information content (AvgIpc) is 3.43. The topological polar surface area (TPSA) is 96.9 Å². The number of aromatic nitrogens is 6. The highest BCUT2D eigenvalue weighted by atomic mass is 19.3. The van der Waals surface area contributed by atoms with E-state index in [1.54, 1.807) is 23.7 Å². The highest BCUT2D eigenvalue weighted by Gasteiger charge is 2.33. The molecule has 6 rings (SSSR count). The Morgan fingerprint density at radius 2 is 2.03 bits per heavy atom. The van der Waals surface area contributed by atoms with Crippen molar-refractivity contribution in [3.63, 3.8) is 0 Å². The van der Waals surface area contributed by atoms with E-state index in [1.807, 2.05) is 12.3 Å². The maximum Gasteiger partial charge on any atom is 0.282 e. The van der Waals surface area contributed by atoms with Gasteiger partial charge in [-0.2, -0.15) is 10.1 Å². The maximum absolute atomic E-state index is 13.4. The van der Waals surface area contributed by atoms with Gasteiger partial charge in [0.05, 0.1) is 31.1 Å². The molecule has 2 atom stereocenters. The molecule has 0 aliphatic carbocycles. The molecular formula is C23H27F2N9O. The molecule has 0 radical (unpaired) electrons. The number of ether oxygens (including phenoxy) is 1. The number of likely N-dealkylation sites (tertiary alicyclic amines) is 1. The minimum absolute atomic E-state index is 0.244. The second kappa shape index (κ2) is 8.68. The molecule has 0 unspecified atom stereocenters. The van der Waals surface area contributed by atoms with Gasteiger partial charge >= 0.3 is 0 Å². The van der Waals surface area contributed by atoms with Crippen LogP contribution in [0.1, 0.15) is 25.5 Å². The Kier molecular flexibility index (Phi) is 5.49. The van der Waals surface area contributed by atoms with E-state index >= 15 is 0 Å². The summed E-state index contributed by atoms with van der Waals surface area (Å²) in [5.41, 5.74) is 2.11. The number of nitrogens with one attached hydrogen (secondary N) is 2. The van der Waals surface area contributed by atoms with Crippen molar-refractivity contribution in [3.8, 4) is 11.3 Å². The molecule has 12 heteroatoms. The smallest absolute Gasteiger partial charge is 0.282 e. The normalized spacial score (nSPS) is 21.6. The molecule has 0 amide bonds. The molecule has 2 fully saturated rings. The van der Waals surface area contributed by atoms with Crippen LogP contribution < -0.4 is 10.6 Å². The molecule has 0 bridgehead atoms. The summed E-state index contributed by atoms with van der Waals surface area (Å²) in [4.78, 5) is 11.3. The van der Waals surface area contributed by atoms with Crippen molar-refractivity contribution in [2.75, 3.05) is 44.0 Å². The first-order valence-corrected chi connectivity index (χ1v) is 11.8. The van der Waals surface area contributed by atoms with Crippen LogP contribution in [0.25, 0.3) is 22.4 Å². The molecule has 2 aliphatic rings. The van der Waals surface area contributed by atoms with E-state index in [9.17, 15) is 8.78 Å². The van der Waals surface area contributed by atoms with Crippen LogP contribution in [-0.4, -0.2) is 79.5 Å². The van der Waals surface area contributed by atoms with Crippen molar-refractivity contribution in [1.82, 2.24) is 34.1 Å². The molecular weight excluding hydrogens is 456 g/mol. The second-order valence-electron chi connectivity index (χ2n) is 9.23. The van der Waals surface area contributed by atoms with Crippen LogP contribution in [0.3, 0.4) is 0 Å². The summed E-state index contributed by atoms with van der Waals surface area (Å²) in [6.45, 7) is 5.95. The molecule has 0 saturated carbocycles. The van der Waals surface area contributed by atoms with E-state index < -0.39 is 6.43 Å². The Morgan fingerprint density at radius 3 is 2.74 bits per heavy atom. The van der Waals surface area contributed by atoms with Crippen molar-refractivity contribution in [2.24, 2.45) is 5.92 Å². The molecule has 2 aliphatic heterocycles. The van der Waals surface area contributed by atoms with Gasteiger partial charge in [0.1, 0.15) is 11.2 Å². The molecule has 6 heterocycles. The zero-order chi connectivity index (χ0) is 24.1. The summed E-state index contributed by atoms with van der Waals surface area (Å²) >= 11 is 0. The lowest BCUT2D eigenvalue weighted by Gasteiger charge is -2.44. The van der Waals surface area contributed by atoms with E-state index in [-0.39, 0.29) is 11.7 Å². The van der Waals surface area contributed by atoms with Gasteiger partial charge in [-0.25, -0.2) is 22.8 Å². The molecule has 0 aromatic carbocycles. The van der Waals surface area contributed by atoms with Gasteiger partial charge in [0.15, 0.2) is 11.5 Å². The second-order valence-corrected chi connectivity index (χ2v) is 9.23. The number of piperidine rings is 1. The first kappa shape index (κ1) is 22.1. The molecule has 4 aromatic heterocycles.